The monoisotopic (exact) mass is 277 g/mol. The van der Waals surface area contributed by atoms with Gasteiger partial charge in [-0.25, -0.2) is 4.98 Å². The Balaban J connectivity index is 2.05. The van der Waals surface area contributed by atoms with Gasteiger partial charge in [0.1, 0.15) is 0 Å². The minimum absolute atomic E-state index is 0.840. The van der Waals surface area contributed by atoms with E-state index in [1.807, 2.05) is 37.3 Å². The molecule has 0 aliphatic rings. The van der Waals surface area contributed by atoms with E-state index in [1.54, 1.807) is 0 Å². The van der Waals surface area contributed by atoms with E-state index in [2.05, 4.69) is 53.1 Å². The summed E-state index contributed by atoms with van der Waals surface area (Å²) in [6.45, 7) is 6.24. The maximum atomic E-state index is 4.60. The highest BCUT2D eigenvalue weighted by molar-refractivity contribution is 5.57. The quantitative estimate of drug-likeness (QED) is 0.761. The van der Waals surface area contributed by atoms with Gasteiger partial charge in [-0.3, -0.25) is 4.57 Å². The zero-order chi connectivity index (χ0) is 14.8. The van der Waals surface area contributed by atoms with Crippen LogP contribution in [0, 0.1) is 20.8 Å². The molecule has 1 heterocycles. The molecule has 106 valence electrons. The van der Waals surface area contributed by atoms with Gasteiger partial charge < -0.3 is 5.32 Å². The summed E-state index contributed by atoms with van der Waals surface area (Å²) in [5.74, 6) is 0.840. The Bertz CT molecular complexity index is 757. The van der Waals surface area contributed by atoms with Crippen molar-refractivity contribution in [3.8, 4) is 5.69 Å². The molecule has 0 spiro atoms. The van der Waals surface area contributed by atoms with Gasteiger partial charge in [0.05, 0.1) is 11.4 Å². The van der Waals surface area contributed by atoms with Crippen LogP contribution in [-0.4, -0.2) is 9.55 Å². The van der Waals surface area contributed by atoms with Gasteiger partial charge in [0.15, 0.2) is 0 Å². The minimum Gasteiger partial charge on any atom is -0.325 e. The molecule has 3 nitrogen and oxygen atoms in total. The molecular weight excluding hydrogens is 258 g/mol. The predicted octanol–water partition coefficient (Wildman–Crippen LogP) is 4.54. The summed E-state index contributed by atoms with van der Waals surface area (Å²) >= 11 is 0. The molecule has 0 saturated heterocycles. The summed E-state index contributed by atoms with van der Waals surface area (Å²) in [5, 5.41) is 3.39. The van der Waals surface area contributed by atoms with E-state index in [9.17, 15) is 0 Å². The first kappa shape index (κ1) is 13.4. The first-order chi connectivity index (χ1) is 10.1. The number of nitrogens with one attached hydrogen (secondary N) is 1. The Hall–Kier alpha value is -2.55. The molecule has 21 heavy (non-hydrogen) atoms. The lowest BCUT2D eigenvalue weighted by Crippen LogP contribution is -2.02. The first-order valence-corrected chi connectivity index (χ1v) is 7.09. The average molecular weight is 277 g/mol. The summed E-state index contributed by atoms with van der Waals surface area (Å²) in [5.41, 5.74) is 5.67. The minimum atomic E-state index is 0.840. The van der Waals surface area contributed by atoms with Crippen molar-refractivity contribution in [2.45, 2.75) is 20.8 Å². The number of aryl methyl sites for hydroxylation is 3. The van der Waals surface area contributed by atoms with E-state index >= 15 is 0 Å². The Morgan fingerprint density at radius 1 is 0.952 bits per heavy atom. The van der Waals surface area contributed by atoms with E-state index in [0.717, 1.165) is 23.0 Å². The highest BCUT2D eigenvalue weighted by atomic mass is 15.2. The third kappa shape index (κ3) is 2.82. The van der Waals surface area contributed by atoms with Gasteiger partial charge in [0.25, 0.3) is 0 Å². The Labute approximate surface area is 125 Å². The van der Waals surface area contributed by atoms with Gasteiger partial charge in [0, 0.05) is 11.9 Å². The molecule has 2 aromatic carbocycles. The van der Waals surface area contributed by atoms with Crippen LogP contribution in [0.3, 0.4) is 0 Å². The highest BCUT2D eigenvalue weighted by Gasteiger charge is 2.10. The molecule has 3 rings (SSSR count). The second-order valence-corrected chi connectivity index (χ2v) is 5.36. The molecule has 0 amide bonds. The largest absolute Gasteiger partial charge is 0.325 e. The summed E-state index contributed by atoms with van der Waals surface area (Å²) in [6, 6.07) is 16.6. The molecule has 1 aromatic heterocycles. The van der Waals surface area contributed by atoms with Crippen molar-refractivity contribution in [3.05, 3.63) is 71.5 Å². The fraction of sp³-hybridized carbons (Fsp3) is 0.167. The number of hydrogen-bond donors (Lipinski definition) is 1. The maximum Gasteiger partial charge on any atom is 0.212 e. The van der Waals surface area contributed by atoms with Crippen LogP contribution in [0.25, 0.3) is 5.69 Å². The van der Waals surface area contributed by atoms with E-state index in [4.69, 9.17) is 0 Å². The zero-order valence-corrected chi connectivity index (χ0v) is 12.6. The van der Waals surface area contributed by atoms with Crippen molar-refractivity contribution in [1.82, 2.24) is 9.55 Å². The molecule has 1 N–H and O–H groups in total. The lowest BCUT2D eigenvalue weighted by atomic mass is 10.1. The number of para-hydroxylation sites is 1. The number of rotatable bonds is 3. The average Bonchev–Trinajstić information content (AvgIpc) is 2.83. The summed E-state index contributed by atoms with van der Waals surface area (Å²) in [4.78, 5) is 4.60. The van der Waals surface area contributed by atoms with E-state index < -0.39 is 0 Å². The maximum absolute atomic E-state index is 4.60. The first-order valence-electron chi connectivity index (χ1n) is 7.09. The lowest BCUT2D eigenvalue weighted by Gasteiger charge is -2.12. The van der Waals surface area contributed by atoms with Gasteiger partial charge in [-0.15, -0.1) is 0 Å². The predicted molar refractivity (Wildman–Crippen MR) is 87.5 cm³/mol. The molecule has 0 aliphatic heterocycles. The Kier molecular flexibility index (Phi) is 3.48. The summed E-state index contributed by atoms with van der Waals surface area (Å²) < 4.78 is 2.12. The molecule has 0 aliphatic carbocycles. The standard InChI is InChI=1S/C18H19N3/c1-13-9-10-14(2)17(11-13)21-12-15(3)19-18(21)20-16-7-5-4-6-8-16/h4-12H,1-3H3,(H,19,20). The highest BCUT2D eigenvalue weighted by Crippen LogP contribution is 2.23. The van der Waals surface area contributed by atoms with Crippen LogP contribution in [-0.2, 0) is 0 Å². The van der Waals surface area contributed by atoms with Gasteiger partial charge >= 0.3 is 0 Å². The molecule has 0 saturated carbocycles. The van der Waals surface area contributed by atoms with Gasteiger partial charge in [0.2, 0.25) is 5.95 Å². The molecule has 0 radical (unpaired) electrons. The molecule has 3 aromatic rings. The number of benzene rings is 2. The third-order valence-electron chi connectivity index (χ3n) is 3.48. The van der Waals surface area contributed by atoms with Crippen molar-refractivity contribution in [1.29, 1.82) is 0 Å². The van der Waals surface area contributed by atoms with Crippen molar-refractivity contribution >= 4 is 11.6 Å². The van der Waals surface area contributed by atoms with Crippen molar-refractivity contribution < 1.29 is 0 Å². The van der Waals surface area contributed by atoms with Crippen LogP contribution in [0.1, 0.15) is 16.8 Å². The fourth-order valence-corrected chi connectivity index (χ4v) is 2.40. The smallest absolute Gasteiger partial charge is 0.212 e. The van der Waals surface area contributed by atoms with Crippen LogP contribution in [0.15, 0.2) is 54.7 Å². The Morgan fingerprint density at radius 3 is 2.48 bits per heavy atom. The number of anilines is 2. The normalized spacial score (nSPS) is 10.6. The van der Waals surface area contributed by atoms with E-state index in [1.165, 1.54) is 11.1 Å². The number of imidazole rings is 1. The van der Waals surface area contributed by atoms with Crippen LogP contribution in [0.4, 0.5) is 11.6 Å². The third-order valence-corrected chi connectivity index (χ3v) is 3.48. The summed E-state index contributed by atoms with van der Waals surface area (Å²) in [7, 11) is 0. The molecule has 3 heteroatoms. The molecule has 0 unspecified atom stereocenters. The molecular formula is C18H19N3. The van der Waals surface area contributed by atoms with Gasteiger partial charge in [-0.2, -0.15) is 0 Å². The van der Waals surface area contributed by atoms with Crippen molar-refractivity contribution in [3.63, 3.8) is 0 Å². The molecule has 0 bridgehead atoms. The molecule has 0 fully saturated rings. The number of hydrogen-bond acceptors (Lipinski definition) is 2. The van der Waals surface area contributed by atoms with Crippen LogP contribution >= 0.6 is 0 Å². The van der Waals surface area contributed by atoms with Crippen LogP contribution in [0.2, 0.25) is 0 Å². The fourth-order valence-electron chi connectivity index (χ4n) is 2.40. The molecule has 0 atom stereocenters. The zero-order valence-electron chi connectivity index (χ0n) is 12.6. The topological polar surface area (TPSA) is 29.9 Å². The Morgan fingerprint density at radius 2 is 1.71 bits per heavy atom. The van der Waals surface area contributed by atoms with Crippen LogP contribution in [0.5, 0.6) is 0 Å². The number of aromatic nitrogens is 2. The van der Waals surface area contributed by atoms with Gasteiger partial charge in [-0.1, -0.05) is 30.3 Å². The van der Waals surface area contributed by atoms with Crippen molar-refractivity contribution in [2.24, 2.45) is 0 Å². The summed E-state index contributed by atoms with van der Waals surface area (Å²) in [6.07, 6.45) is 2.06. The van der Waals surface area contributed by atoms with Gasteiger partial charge in [-0.05, 0) is 50.1 Å². The van der Waals surface area contributed by atoms with Crippen LogP contribution < -0.4 is 5.32 Å². The number of nitrogens with zero attached hydrogens (tertiary/aromatic N) is 2. The van der Waals surface area contributed by atoms with Crippen molar-refractivity contribution in [2.75, 3.05) is 5.32 Å². The van der Waals surface area contributed by atoms with E-state index in [-0.39, 0.29) is 0 Å². The second kappa shape index (κ2) is 5.44. The van der Waals surface area contributed by atoms with E-state index in [0.29, 0.717) is 0 Å². The SMILES string of the molecule is Cc1ccc(C)c(-n2cc(C)nc2Nc2ccccc2)c1. The lowest BCUT2D eigenvalue weighted by molar-refractivity contribution is 1.04. The second-order valence-electron chi connectivity index (χ2n) is 5.36.